The van der Waals surface area contributed by atoms with Gasteiger partial charge in [-0.05, 0) is 6.92 Å². The van der Waals surface area contributed by atoms with Crippen LogP contribution in [0.2, 0.25) is 0 Å². The SMILES string of the molecule is CCOP(=O)([O-])[O-].[Li+].[Li+]. The molecule has 0 fully saturated rings. The Morgan fingerprint density at radius 2 is 1.78 bits per heavy atom. The molecule has 0 bridgehead atoms. The van der Waals surface area contributed by atoms with E-state index in [1.54, 1.807) is 0 Å². The van der Waals surface area contributed by atoms with Gasteiger partial charge in [-0.25, -0.2) is 0 Å². The van der Waals surface area contributed by atoms with Crippen LogP contribution in [0.3, 0.4) is 0 Å². The monoisotopic (exact) mass is 138 g/mol. The van der Waals surface area contributed by atoms with Crippen LogP contribution >= 0.6 is 7.82 Å². The zero-order valence-electron chi connectivity index (χ0n) is 5.79. The Bertz CT molecular complexity index is 90.6. The summed E-state index contributed by atoms with van der Waals surface area (Å²) in [6.45, 7) is 1.35. The van der Waals surface area contributed by atoms with E-state index in [-0.39, 0.29) is 44.3 Å². The fourth-order valence-corrected chi connectivity index (χ4v) is 0.474. The van der Waals surface area contributed by atoms with Crippen molar-refractivity contribution in [2.24, 2.45) is 0 Å². The first kappa shape index (κ1) is 16.7. The molecule has 0 aromatic rings. The molecule has 0 N–H and O–H groups in total. The second-order valence-electron chi connectivity index (χ2n) is 0.865. The number of hydrogen-bond donors (Lipinski definition) is 0. The second kappa shape index (κ2) is 7.41. The molecule has 0 aliphatic rings. The summed E-state index contributed by atoms with van der Waals surface area (Å²) >= 11 is 0. The van der Waals surface area contributed by atoms with Gasteiger partial charge in [0.05, 0.1) is 7.82 Å². The Labute approximate surface area is 78.0 Å². The van der Waals surface area contributed by atoms with Crippen molar-refractivity contribution >= 4 is 7.82 Å². The van der Waals surface area contributed by atoms with Crippen molar-refractivity contribution in [2.45, 2.75) is 6.92 Å². The van der Waals surface area contributed by atoms with E-state index in [9.17, 15) is 14.4 Å². The van der Waals surface area contributed by atoms with E-state index in [0.717, 1.165) is 0 Å². The Morgan fingerprint density at radius 1 is 1.44 bits per heavy atom. The third-order valence-corrected chi connectivity index (χ3v) is 0.862. The van der Waals surface area contributed by atoms with E-state index in [4.69, 9.17) is 0 Å². The summed E-state index contributed by atoms with van der Waals surface area (Å²) in [5, 5.41) is 0. The molecule has 4 nitrogen and oxygen atoms in total. The third-order valence-electron chi connectivity index (χ3n) is 0.287. The fraction of sp³-hybridized carbons (Fsp3) is 1.00. The van der Waals surface area contributed by atoms with Gasteiger partial charge in [0.1, 0.15) is 0 Å². The summed E-state index contributed by atoms with van der Waals surface area (Å²) < 4.78 is 13.2. The molecule has 7 heteroatoms. The summed E-state index contributed by atoms with van der Waals surface area (Å²) in [5.74, 6) is 0. The summed E-state index contributed by atoms with van der Waals surface area (Å²) in [4.78, 5) is 19.0. The predicted octanol–water partition coefficient (Wildman–Crippen LogP) is -7.14. The van der Waals surface area contributed by atoms with E-state index >= 15 is 0 Å². The third kappa shape index (κ3) is 17.6. The van der Waals surface area contributed by atoms with Crippen molar-refractivity contribution in [2.75, 3.05) is 6.61 Å². The molecule has 0 saturated carbocycles. The van der Waals surface area contributed by atoms with Crippen LogP contribution in [0.25, 0.3) is 0 Å². The van der Waals surface area contributed by atoms with Crippen molar-refractivity contribution in [3.63, 3.8) is 0 Å². The number of rotatable bonds is 2. The van der Waals surface area contributed by atoms with E-state index in [2.05, 4.69) is 4.52 Å². The summed E-state index contributed by atoms with van der Waals surface area (Å²) in [5.41, 5.74) is 0. The second-order valence-corrected chi connectivity index (χ2v) is 2.02. The number of phosphoric acid groups is 1. The minimum absolute atomic E-state index is 0. The van der Waals surface area contributed by atoms with Crippen molar-refractivity contribution in [3.8, 4) is 0 Å². The molecule has 44 valence electrons. The van der Waals surface area contributed by atoms with Crippen molar-refractivity contribution in [1.29, 1.82) is 0 Å². The molecule has 0 atom stereocenters. The molecule has 9 heavy (non-hydrogen) atoms. The Morgan fingerprint density at radius 3 is 1.78 bits per heavy atom. The maximum Gasteiger partial charge on any atom is 1.00 e. The Hall–Kier alpha value is 1.30. The van der Waals surface area contributed by atoms with Crippen molar-refractivity contribution in [1.82, 2.24) is 0 Å². The molecule has 0 aromatic carbocycles. The van der Waals surface area contributed by atoms with Gasteiger partial charge in [0, 0.05) is 6.61 Å². The van der Waals surface area contributed by atoms with E-state index in [0.29, 0.717) is 0 Å². The molecule has 0 saturated heterocycles. The minimum atomic E-state index is -4.67. The number of hydrogen-bond acceptors (Lipinski definition) is 4. The van der Waals surface area contributed by atoms with Crippen LogP contribution in [0.15, 0.2) is 0 Å². The van der Waals surface area contributed by atoms with Crippen LogP contribution in [-0.4, -0.2) is 6.61 Å². The largest absolute Gasteiger partial charge is 1.00 e. The molecule has 0 aromatic heterocycles. The van der Waals surface area contributed by atoms with Crippen LogP contribution in [0.5, 0.6) is 0 Å². The first-order valence-corrected chi connectivity index (χ1v) is 3.19. The molecule has 0 radical (unpaired) electrons. The van der Waals surface area contributed by atoms with Gasteiger partial charge in [-0.15, -0.1) is 0 Å². The molecule has 0 aliphatic heterocycles. The van der Waals surface area contributed by atoms with Gasteiger partial charge in [-0.1, -0.05) is 0 Å². The van der Waals surface area contributed by atoms with Gasteiger partial charge >= 0.3 is 37.7 Å². The predicted molar refractivity (Wildman–Crippen MR) is 19.2 cm³/mol. The standard InChI is InChI=1S/C2H7O4P.2Li/c1-2-6-7(3,4)5;;/h2H2,1H3,(H2,3,4,5);;/q;2*+1/p-2. The van der Waals surface area contributed by atoms with Gasteiger partial charge in [-0.3, -0.25) is 0 Å². The number of phosphoric ester groups is 1. The average Bonchev–Trinajstić information content (AvgIpc) is 1.30. The van der Waals surface area contributed by atoms with Crippen molar-refractivity contribution < 1.29 is 56.6 Å². The fourth-order valence-electron chi connectivity index (χ4n) is 0.158. The van der Waals surface area contributed by atoms with Gasteiger partial charge in [-0.2, -0.15) is 0 Å². The summed E-state index contributed by atoms with van der Waals surface area (Å²) in [6, 6.07) is 0. The Kier molecular flexibility index (Phi) is 13.8. The van der Waals surface area contributed by atoms with E-state index in [1.165, 1.54) is 6.92 Å². The summed E-state index contributed by atoms with van der Waals surface area (Å²) in [6.07, 6.45) is 0. The molecule has 0 rings (SSSR count). The molecular weight excluding hydrogens is 133 g/mol. The van der Waals surface area contributed by atoms with Crippen LogP contribution in [0, 0.1) is 0 Å². The molecule has 0 aliphatic carbocycles. The van der Waals surface area contributed by atoms with E-state index < -0.39 is 7.82 Å². The van der Waals surface area contributed by atoms with Crippen LogP contribution < -0.4 is 47.5 Å². The molecule has 0 spiro atoms. The van der Waals surface area contributed by atoms with Gasteiger partial charge in [0.15, 0.2) is 0 Å². The topological polar surface area (TPSA) is 72.4 Å². The zero-order chi connectivity index (χ0) is 5.91. The molecular formula is C2H5Li2O4P. The maximum atomic E-state index is 9.48. The molecule has 0 heterocycles. The van der Waals surface area contributed by atoms with Gasteiger partial charge < -0.3 is 18.9 Å². The first-order valence-electron chi connectivity index (χ1n) is 1.73. The van der Waals surface area contributed by atoms with Gasteiger partial charge in [0.25, 0.3) is 0 Å². The quantitative estimate of drug-likeness (QED) is 0.280. The first-order chi connectivity index (χ1) is 3.06. The Balaban J connectivity index is -0.000000180. The minimum Gasteiger partial charge on any atom is -0.790 e. The normalized spacial score (nSPS) is 9.22. The van der Waals surface area contributed by atoms with Crippen LogP contribution in [-0.2, 0) is 9.09 Å². The van der Waals surface area contributed by atoms with Gasteiger partial charge in [0.2, 0.25) is 0 Å². The van der Waals surface area contributed by atoms with Crippen molar-refractivity contribution in [3.05, 3.63) is 0 Å². The summed E-state index contributed by atoms with van der Waals surface area (Å²) in [7, 11) is -4.67. The zero-order valence-corrected chi connectivity index (χ0v) is 6.68. The molecule has 0 unspecified atom stereocenters. The van der Waals surface area contributed by atoms with Crippen LogP contribution in [0.4, 0.5) is 0 Å². The maximum absolute atomic E-state index is 9.48. The van der Waals surface area contributed by atoms with Crippen LogP contribution in [0.1, 0.15) is 6.92 Å². The van der Waals surface area contributed by atoms with E-state index in [1.807, 2.05) is 0 Å². The average molecular weight is 138 g/mol. The molecule has 0 amide bonds. The smallest absolute Gasteiger partial charge is 0.790 e.